The summed E-state index contributed by atoms with van der Waals surface area (Å²) in [5.74, 6) is -3.95. The number of fused-ring (bicyclic) bond motifs is 3. The van der Waals surface area contributed by atoms with Gasteiger partial charge >= 0.3 is 0 Å². The number of ketones is 2. The van der Waals surface area contributed by atoms with Crippen molar-refractivity contribution in [3.8, 4) is 0 Å². The van der Waals surface area contributed by atoms with E-state index in [1.165, 1.54) is 0 Å². The lowest BCUT2D eigenvalue weighted by Crippen LogP contribution is -2.56. The molecule has 0 radical (unpaired) electrons. The van der Waals surface area contributed by atoms with Gasteiger partial charge in [0.05, 0.1) is 6.61 Å². The predicted octanol–water partition coefficient (Wildman–Crippen LogP) is 3.86. The molecule has 0 aromatic heterocycles. The smallest absolute Gasteiger partial charge is 0.225 e. The number of allylic oxidation sites excluding steroid dienone is 1. The first kappa shape index (κ1) is 25.9. The van der Waals surface area contributed by atoms with Crippen molar-refractivity contribution in [2.75, 3.05) is 26.1 Å². The average Bonchev–Trinajstić information content (AvgIpc) is 2.84. The number of carbonyl (C=O) groups is 2. The number of anilines is 1. The number of benzene rings is 1. The fraction of sp³-hybridized carbons (Fsp3) is 0.440. The Morgan fingerprint density at radius 3 is 2.65 bits per heavy atom. The summed E-state index contributed by atoms with van der Waals surface area (Å²) in [6.07, 6.45) is 0.309. The summed E-state index contributed by atoms with van der Waals surface area (Å²) in [6, 6.07) is 1.99. The van der Waals surface area contributed by atoms with Crippen molar-refractivity contribution < 1.29 is 24.5 Å². The first-order chi connectivity index (χ1) is 17.5. The summed E-state index contributed by atoms with van der Waals surface area (Å²) in [5, 5.41) is 28.9. The number of Topliss-reactive ketones (excluding diaryl/α,β-unsaturated/α-hetero) is 2. The number of nitroso groups, excluding NO2 is 1. The van der Waals surface area contributed by atoms with Crippen LogP contribution in [0.1, 0.15) is 35.1 Å². The molecule has 0 aliphatic heterocycles. The number of aliphatic hydroxyl groups excluding tert-OH is 2. The Morgan fingerprint density at radius 1 is 1.35 bits per heavy atom. The van der Waals surface area contributed by atoms with Crippen LogP contribution in [0.4, 0.5) is 5.69 Å². The number of carbonyl (C=O) groups excluding carboxylic acids is 2. The summed E-state index contributed by atoms with van der Waals surface area (Å²) in [7, 11) is 5.33. The molecule has 3 aliphatic rings. The summed E-state index contributed by atoms with van der Waals surface area (Å²) in [4.78, 5) is 43.8. The highest BCUT2D eigenvalue weighted by Crippen LogP contribution is 2.54. The van der Waals surface area contributed by atoms with Crippen LogP contribution in [0.25, 0.3) is 16.2 Å². The minimum Gasteiger partial charge on any atom is -0.508 e. The maximum Gasteiger partial charge on any atom is 0.225 e. The van der Waals surface area contributed by atoms with Gasteiger partial charge in [-0.05, 0) is 58.8 Å². The molecule has 1 fully saturated rings. The molecule has 0 saturated heterocycles. The van der Waals surface area contributed by atoms with Crippen LogP contribution in [0, 0.1) is 23.7 Å². The van der Waals surface area contributed by atoms with Gasteiger partial charge in [0.2, 0.25) is 11.3 Å². The van der Waals surface area contributed by atoms with Gasteiger partial charge in [0.15, 0.2) is 5.78 Å². The lowest BCUT2D eigenvalue weighted by atomic mass is 9.57. The second-order valence-corrected chi connectivity index (χ2v) is 9.77. The lowest BCUT2D eigenvalue weighted by molar-refractivity contribution is -0.128. The zero-order valence-corrected chi connectivity index (χ0v) is 21.0. The maximum atomic E-state index is 14.0. The molecule has 37 heavy (non-hydrogen) atoms. The lowest BCUT2D eigenvalue weighted by Gasteiger charge is -2.45. The van der Waals surface area contributed by atoms with Crippen molar-refractivity contribution in [2.45, 2.75) is 38.3 Å². The van der Waals surface area contributed by atoms with Gasteiger partial charge in [0.25, 0.3) is 0 Å². The Balaban J connectivity index is 1.96. The number of aliphatic hydroxyl groups is 2. The first-order valence-corrected chi connectivity index (χ1v) is 11.7. The molecule has 1 aromatic carbocycles. The van der Waals surface area contributed by atoms with Crippen LogP contribution in [0.3, 0.4) is 0 Å². The minimum absolute atomic E-state index is 0.000381. The molecule has 12 nitrogen and oxygen atoms in total. The summed E-state index contributed by atoms with van der Waals surface area (Å²) in [6.45, 7) is 5.70. The van der Waals surface area contributed by atoms with E-state index in [9.17, 15) is 24.7 Å². The highest BCUT2D eigenvalue weighted by Gasteiger charge is 2.62. The standard InChI is InChI=1S/C25H28N6O6/c1-11-14(10-37-5)8-17(31(3)4)16-7-13-6-15-9-18(32)20(12(2)27-30-29-26)23(34)25(15,28-36)24(35)21(13)22(33)19(11)16/h8,13,15,27,33-34H,2,6-7,9-10H2,1,3-5H3/t13-,15+,25-/m1/s1. The Hall–Kier alpha value is -4.15. The van der Waals surface area contributed by atoms with E-state index in [-0.39, 0.29) is 36.5 Å². The molecule has 0 heterocycles. The van der Waals surface area contributed by atoms with E-state index in [0.29, 0.717) is 12.0 Å². The molecule has 1 saturated carbocycles. The third kappa shape index (κ3) is 3.68. The monoisotopic (exact) mass is 508 g/mol. The van der Waals surface area contributed by atoms with E-state index < -0.39 is 40.3 Å². The van der Waals surface area contributed by atoms with E-state index in [0.717, 1.165) is 22.4 Å². The predicted molar refractivity (Wildman–Crippen MR) is 135 cm³/mol. The van der Waals surface area contributed by atoms with Gasteiger partial charge in [-0.2, -0.15) is 4.91 Å². The van der Waals surface area contributed by atoms with Crippen molar-refractivity contribution in [3.05, 3.63) is 72.9 Å². The van der Waals surface area contributed by atoms with Gasteiger partial charge in [0.1, 0.15) is 22.8 Å². The first-order valence-electron chi connectivity index (χ1n) is 11.7. The molecule has 0 bridgehead atoms. The van der Waals surface area contributed by atoms with Crippen LogP contribution in [0.15, 0.2) is 45.6 Å². The second-order valence-electron chi connectivity index (χ2n) is 9.77. The third-order valence-electron chi connectivity index (χ3n) is 7.65. The number of methoxy groups -OCH3 is 1. The molecule has 0 amide bonds. The van der Waals surface area contributed by atoms with Gasteiger partial charge in [-0.25, -0.2) is 5.43 Å². The van der Waals surface area contributed by atoms with E-state index in [4.69, 9.17) is 10.3 Å². The molecule has 1 aromatic rings. The normalized spacial score (nSPS) is 24.5. The van der Waals surface area contributed by atoms with Gasteiger partial charge < -0.3 is 19.8 Å². The van der Waals surface area contributed by atoms with Crippen LogP contribution < -0.4 is 10.3 Å². The molecule has 0 unspecified atom stereocenters. The highest BCUT2D eigenvalue weighted by atomic mass is 16.5. The molecular formula is C25H28N6O6. The number of hydrogen-bond donors (Lipinski definition) is 3. The van der Waals surface area contributed by atoms with E-state index >= 15 is 0 Å². The Bertz CT molecular complexity index is 1360. The van der Waals surface area contributed by atoms with E-state index in [2.05, 4.69) is 27.3 Å². The average molecular weight is 509 g/mol. The van der Waals surface area contributed by atoms with Gasteiger partial charge in [-0.1, -0.05) is 6.58 Å². The fourth-order valence-corrected chi connectivity index (χ4v) is 5.97. The number of hydrogen-bond acceptors (Lipinski definition) is 9. The van der Waals surface area contributed by atoms with Gasteiger partial charge in [-0.15, -0.1) is 10.4 Å². The molecule has 194 valence electrons. The molecule has 0 spiro atoms. The summed E-state index contributed by atoms with van der Waals surface area (Å²) < 4.78 is 5.33. The van der Waals surface area contributed by atoms with Crippen molar-refractivity contribution in [1.29, 1.82) is 0 Å². The van der Waals surface area contributed by atoms with E-state index in [1.54, 1.807) is 7.11 Å². The SMILES string of the molecule is C=C(NN=[N+]=[N-])C1=C(O)[C@@]2(N=O)C(=O)C3=C(O)c4c(C)c(COC)cc(N(C)C)c4C[C@H]3C[C@H]2CC1=O. The Labute approximate surface area is 212 Å². The maximum absolute atomic E-state index is 14.0. The quantitative estimate of drug-likeness (QED) is 0.163. The van der Waals surface area contributed by atoms with Crippen LogP contribution >= 0.6 is 0 Å². The minimum atomic E-state index is -2.32. The number of rotatable bonds is 7. The summed E-state index contributed by atoms with van der Waals surface area (Å²) in [5.41, 5.74) is 11.5. The molecule has 3 N–H and O–H groups in total. The Morgan fingerprint density at radius 2 is 2.05 bits per heavy atom. The second kappa shape index (κ2) is 9.38. The van der Waals surface area contributed by atoms with Crippen LogP contribution in [0.2, 0.25) is 0 Å². The van der Waals surface area contributed by atoms with Crippen molar-refractivity contribution in [1.82, 2.24) is 5.43 Å². The topological polar surface area (TPSA) is 177 Å². The number of azide groups is 1. The molecule has 3 aliphatic carbocycles. The fourth-order valence-electron chi connectivity index (χ4n) is 5.97. The van der Waals surface area contributed by atoms with Gasteiger partial charge in [0, 0.05) is 50.4 Å². The van der Waals surface area contributed by atoms with Gasteiger partial charge in [-0.3, -0.25) is 9.59 Å². The zero-order valence-electron chi connectivity index (χ0n) is 21.0. The highest BCUT2D eigenvalue weighted by molar-refractivity contribution is 6.14. The Kier molecular flexibility index (Phi) is 6.57. The number of ether oxygens (including phenoxy) is 1. The molecule has 4 rings (SSSR count). The van der Waals surface area contributed by atoms with Crippen molar-refractivity contribution >= 4 is 23.0 Å². The van der Waals surface area contributed by atoms with Crippen LogP contribution in [-0.2, 0) is 27.4 Å². The largest absolute Gasteiger partial charge is 0.508 e. The zero-order chi connectivity index (χ0) is 27.2. The van der Waals surface area contributed by atoms with Crippen LogP contribution in [-0.4, -0.2) is 48.5 Å². The molecular weight excluding hydrogens is 480 g/mol. The number of nitrogens with zero attached hydrogens (tertiary/aromatic N) is 5. The van der Waals surface area contributed by atoms with Crippen molar-refractivity contribution in [2.24, 2.45) is 22.2 Å². The summed E-state index contributed by atoms with van der Waals surface area (Å²) >= 11 is 0. The molecule has 3 atom stereocenters. The van der Waals surface area contributed by atoms with E-state index in [1.807, 2.05) is 32.0 Å². The number of nitrogens with one attached hydrogen (secondary N) is 1. The third-order valence-corrected chi connectivity index (χ3v) is 7.65. The molecule has 12 heteroatoms. The van der Waals surface area contributed by atoms with Crippen LogP contribution in [0.5, 0.6) is 0 Å². The van der Waals surface area contributed by atoms with Crippen molar-refractivity contribution in [3.63, 3.8) is 0 Å².